The smallest absolute Gasteiger partial charge is 0.255 e. The Labute approximate surface area is 107 Å². The number of hydrogen-bond acceptors (Lipinski definition) is 3. The molecular formula is C13H20N4O. The van der Waals surface area contributed by atoms with Crippen molar-refractivity contribution in [1.82, 2.24) is 20.4 Å². The lowest BCUT2D eigenvalue weighted by molar-refractivity contribution is 0.0936. The van der Waals surface area contributed by atoms with Crippen molar-refractivity contribution < 1.29 is 4.79 Å². The molecule has 1 atom stereocenters. The van der Waals surface area contributed by atoms with Crippen LogP contribution in [0.2, 0.25) is 0 Å². The number of likely N-dealkylation sites (tertiary alicyclic amines) is 1. The van der Waals surface area contributed by atoms with Gasteiger partial charge >= 0.3 is 0 Å². The summed E-state index contributed by atoms with van der Waals surface area (Å²) in [7, 11) is 0. The Hall–Kier alpha value is -1.36. The molecule has 98 valence electrons. The summed E-state index contributed by atoms with van der Waals surface area (Å²) in [6, 6.07) is 1.09. The maximum absolute atomic E-state index is 12.2. The summed E-state index contributed by atoms with van der Waals surface area (Å²) in [6.07, 6.45) is 3.74. The van der Waals surface area contributed by atoms with Gasteiger partial charge in [-0.2, -0.15) is 5.10 Å². The van der Waals surface area contributed by atoms with Crippen LogP contribution in [0, 0.1) is 13.8 Å². The van der Waals surface area contributed by atoms with Crippen molar-refractivity contribution in [2.24, 2.45) is 0 Å². The van der Waals surface area contributed by atoms with Crippen molar-refractivity contribution in [2.75, 3.05) is 13.1 Å². The molecule has 1 aromatic rings. The van der Waals surface area contributed by atoms with Gasteiger partial charge in [0.2, 0.25) is 0 Å². The maximum atomic E-state index is 12.2. The van der Waals surface area contributed by atoms with Crippen LogP contribution in [0.1, 0.15) is 41.0 Å². The molecule has 18 heavy (non-hydrogen) atoms. The van der Waals surface area contributed by atoms with E-state index in [1.807, 2.05) is 13.8 Å². The van der Waals surface area contributed by atoms with Crippen LogP contribution in [0.3, 0.4) is 0 Å². The molecule has 2 N–H and O–H groups in total. The number of aryl methyl sites for hydroxylation is 2. The molecule has 0 spiro atoms. The number of H-pyrrole nitrogens is 1. The molecule has 1 unspecified atom stereocenters. The molecule has 1 saturated carbocycles. The van der Waals surface area contributed by atoms with E-state index in [1.54, 1.807) is 0 Å². The van der Waals surface area contributed by atoms with Crippen LogP contribution in [0.25, 0.3) is 0 Å². The minimum absolute atomic E-state index is 0.0152. The summed E-state index contributed by atoms with van der Waals surface area (Å²) in [5.74, 6) is 0.0152. The summed E-state index contributed by atoms with van der Waals surface area (Å²) in [4.78, 5) is 14.7. The van der Waals surface area contributed by atoms with Crippen LogP contribution >= 0.6 is 0 Å². The third-order valence-electron chi connectivity index (χ3n) is 3.97. The van der Waals surface area contributed by atoms with Gasteiger partial charge in [-0.25, -0.2) is 0 Å². The molecule has 1 amide bonds. The highest BCUT2D eigenvalue weighted by Gasteiger charge is 2.35. The van der Waals surface area contributed by atoms with E-state index in [1.165, 1.54) is 12.8 Å². The number of nitrogens with zero attached hydrogens (tertiary/aromatic N) is 2. The SMILES string of the molecule is Cc1n[nH]c(C)c1C(=O)NC1CCN(C2CC2)C1. The number of aromatic nitrogens is 2. The first-order valence-corrected chi connectivity index (χ1v) is 6.71. The van der Waals surface area contributed by atoms with Crippen LogP contribution in [0.4, 0.5) is 0 Å². The lowest BCUT2D eigenvalue weighted by atomic mass is 10.1. The molecule has 1 aliphatic carbocycles. The van der Waals surface area contributed by atoms with Crippen molar-refractivity contribution in [3.63, 3.8) is 0 Å². The van der Waals surface area contributed by atoms with Crippen LogP contribution in [-0.2, 0) is 0 Å². The standard InChI is InChI=1S/C13H20N4O/c1-8-12(9(2)16-15-8)13(18)14-10-5-6-17(7-10)11-3-4-11/h10-11H,3-7H2,1-2H3,(H,14,18)(H,15,16). The summed E-state index contributed by atoms with van der Waals surface area (Å²) >= 11 is 0. The Bertz CT molecular complexity index is 444. The van der Waals surface area contributed by atoms with Gasteiger partial charge in [0.1, 0.15) is 0 Å². The van der Waals surface area contributed by atoms with Gasteiger partial charge in [0.15, 0.2) is 0 Å². The van der Waals surface area contributed by atoms with Crippen molar-refractivity contribution in [3.8, 4) is 0 Å². The second-order valence-electron chi connectivity index (χ2n) is 5.49. The van der Waals surface area contributed by atoms with Crippen LogP contribution < -0.4 is 5.32 Å². The second-order valence-corrected chi connectivity index (χ2v) is 5.49. The molecule has 2 fully saturated rings. The highest BCUT2D eigenvalue weighted by Crippen LogP contribution is 2.29. The third-order valence-corrected chi connectivity index (χ3v) is 3.97. The van der Waals surface area contributed by atoms with Crippen LogP contribution in [0.15, 0.2) is 0 Å². The third kappa shape index (κ3) is 2.14. The summed E-state index contributed by atoms with van der Waals surface area (Å²) in [6.45, 7) is 5.88. The minimum atomic E-state index is 0.0152. The van der Waals surface area contributed by atoms with Gasteiger partial charge in [-0.3, -0.25) is 14.8 Å². The molecule has 2 heterocycles. The fourth-order valence-electron chi connectivity index (χ4n) is 2.82. The van der Waals surface area contributed by atoms with E-state index in [9.17, 15) is 4.79 Å². The predicted molar refractivity (Wildman–Crippen MR) is 68.5 cm³/mol. The monoisotopic (exact) mass is 248 g/mol. The number of carbonyl (C=O) groups excluding carboxylic acids is 1. The van der Waals surface area contributed by atoms with Gasteiger partial charge in [-0.1, -0.05) is 0 Å². The topological polar surface area (TPSA) is 61.0 Å². The van der Waals surface area contributed by atoms with Crippen molar-refractivity contribution in [1.29, 1.82) is 0 Å². The Morgan fingerprint density at radius 1 is 1.39 bits per heavy atom. The van der Waals surface area contributed by atoms with Gasteiger partial charge in [-0.15, -0.1) is 0 Å². The predicted octanol–water partition coefficient (Wildman–Crippen LogP) is 0.993. The zero-order valence-corrected chi connectivity index (χ0v) is 11.0. The fraction of sp³-hybridized carbons (Fsp3) is 0.692. The van der Waals surface area contributed by atoms with Gasteiger partial charge in [0.25, 0.3) is 5.91 Å². The minimum Gasteiger partial charge on any atom is -0.348 e. The van der Waals surface area contributed by atoms with E-state index >= 15 is 0 Å². The first-order valence-electron chi connectivity index (χ1n) is 6.71. The molecular weight excluding hydrogens is 228 g/mol. The van der Waals surface area contributed by atoms with Crippen molar-refractivity contribution in [2.45, 2.75) is 45.2 Å². The fourth-order valence-corrected chi connectivity index (χ4v) is 2.82. The number of amides is 1. The number of nitrogens with one attached hydrogen (secondary N) is 2. The molecule has 1 saturated heterocycles. The molecule has 3 rings (SSSR count). The molecule has 1 aromatic heterocycles. The van der Waals surface area contributed by atoms with Crippen LogP contribution in [0.5, 0.6) is 0 Å². The first kappa shape index (κ1) is 11.7. The molecule has 0 radical (unpaired) electrons. The summed E-state index contributed by atoms with van der Waals surface area (Å²) in [5, 5.41) is 10.1. The average molecular weight is 248 g/mol. The van der Waals surface area contributed by atoms with Crippen molar-refractivity contribution >= 4 is 5.91 Å². The zero-order chi connectivity index (χ0) is 12.7. The van der Waals surface area contributed by atoms with E-state index in [0.717, 1.165) is 36.9 Å². The summed E-state index contributed by atoms with van der Waals surface area (Å²) in [5.41, 5.74) is 2.34. The molecule has 1 aliphatic heterocycles. The van der Waals surface area contributed by atoms with Gasteiger partial charge < -0.3 is 5.32 Å². The Kier molecular flexibility index (Phi) is 2.86. The normalized spacial score (nSPS) is 24.4. The van der Waals surface area contributed by atoms with E-state index < -0.39 is 0 Å². The summed E-state index contributed by atoms with van der Waals surface area (Å²) < 4.78 is 0. The number of rotatable bonds is 3. The highest BCUT2D eigenvalue weighted by atomic mass is 16.1. The molecule has 2 aliphatic rings. The zero-order valence-electron chi connectivity index (χ0n) is 11.0. The Morgan fingerprint density at radius 3 is 2.78 bits per heavy atom. The molecule has 0 bridgehead atoms. The van der Waals surface area contributed by atoms with Crippen molar-refractivity contribution in [3.05, 3.63) is 17.0 Å². The quantitative estimate of drug-likeness (QED) is 0.838. The highest BCUT2D eigenvalue weighted by molar-refractivity contribution is 5.96. The van der Waals surface area contributed by atoms with Gasteiger partial charge in [-0.05, 0) is 33.1 Å². The lowest BCUT2D eigenvalue weighted by Gasteiger charge is -2.15. The Balaban J connectivity index is 1.61. The first-order chi connectivity index (χ1) is 8.65. The Morgan fingerprint density at radius 2 is 2.17 bits per heavy atom. The van der Waals surface area contributed by atoms with Gasteiger partial charge in [0.05, 0.1) is 11.3 Å². The van der Waals surface area contributed by atoms with E-state index in [2.05, 4.69) is 20.4 Å². The number of carbonyl (C=O) groups is 1. The van der Waals surface area contributed by atoms with Gasteiger partial charge in [0, 0.05) is 30.9 Å². The lowest BCUT2D eigenvalue weighted by Crippen LogP contribution is -2.37. The molecule has 5 heteroatoms. The van der Waals surface area contributed by atoms with E-state index in [0.29, 0.717) is 11.6 Å². The largest absolute Gasteiger partial charge is 0.348 e. The van der Waals surface area contributed by atoms with Crippen LogP contribution in [-0.4, -0.2) is 46.2 Å². The molecule has 5 nitrogen and oxygen atoms in total. The number of aromatic amines is 1. The number of hydrogen-bond donors (Lipinski definition) is 2. The van der Waals surface area contributed by atoms with E-state index in [-0.39, 0.29) is 5.91 Å². The maximum Gasteiger partial charge on any atom is 0.255 e. The second kappa shape index (κ2) is 4.39. The average Bonchev–Trinajstić information content (AvgIpc) is 2.99. The van der Waals surface area contributed by atoms with E-state index in [4.69, 9.17) is 0 Å². The molecule has 0 aromatic carbocycles.